The molecule has 1 aliphatic carbocycles. The van der Waals surface area contributed by atoms with Crippen LogP contribution >= 0.6 is 12.4 Å². The normalized spacial score (nSPS) is 11.5. The molecule has 0 saturated carbocycles. The maximum Gasteiger partial charge on any atom is 0.227 e. The van der Waals surface area contributed by atoms with Gasteiger partial charge in [0.15, 0.2) is 11.5 Å². The second kappa shape index (κ2) is 9.75. The van der Waals surface area contributed by atoms with E-state index in [4.69, 9.17) is 23.9 Å². The van der Waals surface area contributed by atoms with Crippen molar-refractivity contribution in [1.29, 1.82) is 0 Å². The predicted octanol–water partition coefficient (Wildman–Crippen LogP) is 4.83. The lowest BCUT2D eigenvalue weighted by Crippen LogP contribution is -2.10. The van der Waals surface area contributed by atoms with Crippen molar-refractivity contribution in [2.75, 3.05) is 33.3 Å². The van der Waals surface area contributed by atoms with Crippen molar-refractivity contribution in [2.24, 2.45) is 0 Å². The van der Waals surface area contributed by atoms with E-state index in [0.717, 1.165) is 41.1 Å². The first-order valence-corrected chi connectivity index (χ1v) is 9.86. The molecule has 0 amide bonds. The Balaban J connectivity index is 0.00000272. The van der Waals surface area contributed by atoms with Crippen molar-refractivity contribution in [1.82, 2.24) is 9.97 Å². The highest BCUT2D eigenvalue weighted by Crippen LogP contribution is 2.41. The van der Waals surface area contributed by atoms with Gasteiger partial charge in [0.25, 0.3) is 0 Å². The van der Waals surface area contributed by atoms with Gasteiger partial charge in [-0.3, -0.25) is 0 Å². The van der Waals surface area contributed by atoms with Crippen LogP contribution in [-0.2, 0) is 12.8 Å². The average Bonchev–Trinajstić information content (AvgIpc) is 2.79. The fourth-order valence-electron chi connectivity index (χ4n) is 3.75. The zero-order valence-electron chi connectivity index (χ0n) is 18.0. The average molecular weight is 444 g/mol. The van der Waals surface area contributed by atoms with Gasteiger partial charge in [0.1, 0.15) is 5.75 Å². The summed E-state index contributed by atoms with van der Waals surface area (Å²) in [5.74, 6) is 3.11. The number of hydrogen-bond acceptors (Lipinski definition) is 7. The van der Waals surface area contributed by atoms with Crippen molar-refractivity contribution in [3.63, 3.8) is 0 Å². The standard InChI is InChI=1S/C23H25N3O4.ClH/c1-5-30-22-19(28-3)11-15(12-20(22)29-4)25-23-24-13-14-9-10-16-17(21(14)26-23)7-6-8-18(16)27-2;/h6-8,11-13H,5,9-10H2,1-4H3,(H,24,25,26);1H. The van der Waals surface area contributed by atoms with Gasteiger partial charge < -0.3 is 24.3 Å². The highest BCUT2D eigenvalue weighted by molar-refractivity contribution is 5.85. The molecule has 0 spiro atoms. The molecular weight excluding hydrogens is 418 g/mol. The van der Waals surface area contributed by atoms with Crippen molar-refractivity contribution in [2.45, 2.75) is 19.8 Å². The Kier molecular flexibility index (Phi) is 7.07. The number of anilines is 2. The molecule has 0 aliphatic heterocycles. The zero-order chi connectivity index (χ0) is 21.1. The van der Waals surface area contributed by atoms with Crippen LogP contribution in [0.15, 0.2) is 36.5 Å². The van der Waals surface area contributed by atoms with Crippen LogP contribution < -0.4 is 24.3 Å². The van der Waals surface area contributed by atoms with Crippen LogP contribution in [0.5, 0.6) is 23.0 Å². The first-order chi connectivity index (χ1) is 14.7. The third kappa shape index (κ3) is 4.32. The molecule has 4 rings (SSSR count). The van der Waals surface area contributed by atoms with Crippen LogP contribution in [0.1, 0.15) is 18.1 Å². The minimum absolute atomic E-state index is 0. The largest absolute Gasteiger partial charge is 0.496 e. The lowest BCUT2D eigenvalue weighted by atomic mass is 9.89. The van der Waals surface area contributed by atoms with Gasteiger partial charge in [0, 0.05) is 35.1 Å². The third-order valence-corrected chi connectivity index (χ3v) is 5.12. The SMILES string of the molecule is CCOc1c(OC)cc(Nc2ncc3c(n2)-c2cccc(OC)c2CC3)cc1OC.Cl. The minimum atomic E-state index is 0. The van der Waals surface area contributed by atoms with Crippen LogP contribution in [-0.4, -0.2) is 37.9 Å². The van der Waals surface area contributed by atoms with Gasteiger partial charge in [-0.1, -0.05) is 12.1 Å². The Labute approximate surface area is 188 Å². The summed E-state index contributed by atoms with van der Waals surface area (Å²) in [7, 11) is 4.90. The van der Waals surface area contributed by atoms with Gasteiger partial charge >= 0.3 is 0 Å². The number of benzene rings is 2. The Morgan fingerprint density at radius 3 is 2.32 bits per heavy atom. The van der Waals surface area contributed by atoms with Crippen LogP contribution in [0.25, 0.3) is 11.3 Å². The molecule has 1 heterocycles. The molecule has 0 fully saturated rings. The number of nitrogens with zero attached hydrogens (tertiary/aromatic N) is 2. The molecule has 0 radical (unpaired) electrons. The number of aryl methyl sites for hydroxylation is 1. The summed E-state index contributed by atoms with van der Waals surface area (Å²) < 4.78 is 22.2. The molecule has 0 bridgehead atoms. The van der Waals surface area contributed by atoms with Gasteiger partial charge in [-0.15, -0.1) is 12.4 Å². The number of aromatic nitrogens is 2. The molecule has 3 aromatic rings. The summed E-state index contributed by atoms with van der Waals surface area (Å²) in [5, 5.41) is 3.26. The first-order valence-electron chi connectivity index (χ1n) is 9.86. The molecule has 0 atom stereocenters. The maximum absolute atomic E-state index is 5.67. The van der Waals surface area contributed by atoms with E-state index in [9.17, 15) is 0 Å². The van der Waals surface area contributed by atoms with Crippen LogP contribution in [0.2, 0.25) is 0 Å². The van der Waals surface area contributed by atoms with Crippen LogP contribution in [0, 0.1) is 0 Å². The summed E-state index contributed by atoms with van der Waals surface area (Å²) in [4.78, 5) is 9.31. The third-order valence-electron chi connectivity index (χ3n) is 5.12. The Morgan fingerprint density at radius 1 is 0.968 bits per heavy atom. The number of methoxy groups -OCH3 is 3. The van der Waals surface area contributed by atoms with Crippen molar-refractivity contribution in [3.8, 4) is 34.3 Å². The summed E-state index contributed by atoms with van der Waals surface area (Å²) in [5.41, 5.74) is 5.07. The Bertz CT molecular complexity index is 1050. The van der Waals surface area contributed by atoms with Gasteiger partial charge in [-0.2, -0.15) is 0 Å². The molecule has 1 N–H and O–H groups in total. The van der Waals surface area contributed by atoms with E-state index >= 15 is 0 Å². The zero-order valence-corrected chi connectivity index (χ0v) is 18.8. The van der Waals surface area contributed by atoms with E-state index in [2.05, 4.69) is 16.4 Å². The maximum atomic E-state index is 5.67. The van der Waals surface area contributed by atoms with Crippen molar-refractivity contribution < 1.29 is 18.9 Å². The Hall–Kier alpha value is -3.19. The topological polar surface area (TPSA) is 74.7 Å². The van der Waals surface area contributed by atoms with Crippen LogP contribution in [0.4, 0.5) is 11.6 Å². The molecule has 1 aliphatic rings. The van der Waals surface area contributed by atoms with Crippen molar-refractivity contribution in [3.05, 3.63) is 47.7 Å². The first kappa shape index (κ1) is 22.5. The summed E-state index contributed by atoms with van der Waals surface area (Å²) in [6.45, 7) is 2.43. The molecule has 164 valence electrons. The quantitative estimate of drug-likeness (QED) is 0.560. The van der Waals surface area contributed by atoms with E-state index in [-0.39, 0.29) is 12.4 Å². The van der Waals surface area contributed by atoms with E-state index in [1.807, 2.05) is 37.4 Å². The molecule has 31 heavy (non-hydrogen) atoms. The number of nitrogens with one attached hydrogen (secondary N) is 1. The lowest BCUT2D eigenvalue weighted by molar-refractivity contribution is 0.288. The minimum Gasteiger partial charge on any atom is -0.496 e. The van der Waals surface area contributed by atoms with E-state index < -0.39 is 0 Å². The fraction of sp³-hybridized carbons (Fsp3) is 0.304. The van der Waals surface area contributed by atoms with Crippen LogP contribution in [0.3, 0.4) is 0 Å². The molecule has 2 aromatic carbocycles. The van der Waals surface area contributed by atoms with Gasteiger partial charge in [0.2, 0.25) is 11.7 Å². The molecule has 8 heteroatoms. The monoisotopic (exact) mass is 443 g/mol. The predicted molar refractivity (Wildman–Crippen MR) is 123 cm³/mol. The number of fused-ring (bicyclic) bond motifs is 3. The fourth-order valence-corrected chi connectivity index (χ4v) is 3.75. The van der Waals surface area contributed by atoms with Gasteiger partial charge in [-0.05, 0) is 31.4 Å². The smallest absolute Gasteiger partial charge is 0.227 e. The van der Waals surface area contributed by atoms with Gasteiger partial charge in [0.05, 0.1) is 33.6 Å². The highest BCUT2D eigenvalue weighted by atomic mass is 35.5. The molecule has 7 nitrogen and oxygen atoms in total. The van der Waals surface area contributed by atoms with E-state index in [1.165, 1.54) is 5.56 Å². The number of ether oxygens (including phenoxy) is 4. The summed E-state index contributed by atoms with van der Waals surface area (Å²) >= 11 is 0. The lowest BCUT2D eigenvalue weighted by Gasteiger charge is -2.21. The number of halogens is 1. The number of rotatable bonds is 7. The van der Waals surface area contributed by atoms with E-state index in [0.29, 0.717) is 29.8 Å². The van der Waals surface area contributed by atoms with Gasteiger partial charge in [-0.25, -0.2) is 9.97 Å². The van der Waals surface area contributed by atoms with E-state index in [1.54, 1.807) is 21.3 Å². The van der Waals surface area contributed by atoms with Crippen molar-refractivity contribution >= 4 is 24.0 Å². The second-order valence-corrected chi connectivity index (χ2v) is 6.82. The number of hydrogen-bond donors (Lipinski definition) is 1. The molecular formula is C23H26ClN3O4. The molecule has 1 aromatic heterocycles. The summed E-state index contributed by atoms with van der Waals surface area (Å²) in [6, 6.07) is 9.74. The Morgan fingerprint density at radius 2 is 1.68 bits per heavy atom. The summed E-state index contributed by atoms with van der Waals surface area (Å²) in [6.07, 6.45) is 3.68. The highest BCUT2D eigenvalue weighted by Gasteiger charge is 2.22. The molecule has 0 unspecified atom stereocenters. The molecule has 0 saturated heterocycles. The second-order valence-electron chi connectivity index (χ2n) is 6.82.